The van der Waals surface area contributed by atoms with Crippen LogP contribution < -0.4 is 5.63 Å². The number of hydrogen-bond acceptors (Lipinski definition) is 6. The fraction of sp³-hybridized carbons (Fsp3) is 0.0952. The van der Waals surface area contributed by atoms with Crippen LogP contribution >= 0.6 is 0 Å². The van der Waals surface area contributed by atoms with Crippen LogP contribution in [0.3, 0.4) is 0 Å². The van der Waals surface area contributed by atoms with Crippen molar-refractivity contribution in [2.75, 3.05) is 0 Å². The molecule has 1 aliphatic rings. The van der Waals surface area contributed by atoms with Gasteiger partial charge >= 0.3 is 5.63 Å². The van der Waals surface area contributed by atoms with Crippen molar-refractivity contribution < 1.29 is 23.5 Å². The van der Waals surface area contributed by atoms with Crippen molar-refractivity contribution in [1.82, 2.24) is 0 Å². The Bertz CT molecular complexity index is 1400. The molecule has 0 aliphatic heterocycles. The van der Waals surface area contributed by atoms with Gasteiger partial charge < -0.3 is 13.9 Å². The van der Waals surface area contributed by atoms with E-state index in [-0.39, 0.29) is 39.2 Å². The molecule has 6 heteroatoms. The predicted molar refractivity (Wildman–Crippen MR) is 96.7 cm³/mol. The second kappa shape index (κ2) is 4.94. The number of para-hydroxylation sites is 1. The molecule has 27 heavy (non-hydrogen) atoms. The van der Waals surface area contributed by atoms with Crippen LogP contribution in [0.2, 0.25) is 0 Å². The fourth-order valence-electron chi connectivity index (χ4n) is 3.74. The molecular formula is C21H12O6. The van der Waals surface area contributed by atoms with Gasteiger partial charge in [0.05, 0.1) is 16.5 Å². The van der Waals surface area contributed by atoms with Crippen molar-refractivity contribution in [3.63, 3.8) is 0 Å². The Morgan fingerprint density at radius 3 is 2.44 bits per heavy atom. The molecule has 0 saturated heterocycles. The van der Waals surface area contributed by atoms with Gasteiger partial charge in [0.1, 0.15) is 16.7 Å². The van der Waals surface area contributed by atoms with Crippen molar-refractivity contribution in [2.45, 2.75) is 13.8 Å². The van der Waals surface area contributed by atoms with Gasteiger partial charge in [-0.05, 0) is 43.2 Å². The van der Waals surface area contributed by atoms with Gasteiger partial charge in [0, 0.05) is 5.56 Å². The number of fused-ring (bicyclic) bond motifs is 6. The lowest BCUT2D eigenvalue weighted by atomic mass is 9.86. The molecule has 2 heterocycles. The number of rotatable bonds is 0. The second-order valence-corrected chi connectivity index (χ2v) is 6.72. The molecule has 0 saturated carbocycles. The zero-order valence-corrected chi connectivity index (χ0v) is 14.4. The quantitative estimate of drug-likeness (QED) is 0.424. The Balaban J connectivity index is 1.97. The maximum Gasteiger partial charge on any atom is 0.348 e. The smallest absolute Gasteiger partial charge is 0.348 e. The molecule has 0 spiro atoms. The molecule has 132 valence electrons. The molecule has 1 aliphatic carbocycles. The van der Waals surface area contributed by atoms with Gasteiger partial charge in [0.2, 0.25) is 5.78 Å². The minimum atomic E-state index is -0.738. The van der Waals surface area contributed by atoms with Gasteiger partial charge in [-0.15, -0.1) is 0 Å². The predicted octanol–water partition coefficient (Wildman–Crippen LogP) is 3.64. The molecule has 0 unspecified atom stereocenters. The van der Waals surface area contributed by atoms with Crippen molar-refractivity contribution >= 4 is 33.5 Å². The highest BCUT2D eigenvalue weighted by Crippen LogP contribution is 2.39. The zero-order valence-electron chi connectivity index (χ0n) is 14.4. The molecule has 6 nitrogen and oxygen atoms in total. The minimum Gasteiger partial charge on any atom is -0.507 e. The molecule has 2 aromatic heterocycles. The summed E-state index contributed by atoms with van der Waals surface area (Å²) in [6, 6.07) is 8.18. The van der Waals surface area contributed by atoms with Crippen LogP contribution in [0, 0.1) is 13.8 Å². The molecule has 1 N–H and O–H groups in total. The molecule has 5 rings (SSSR count). The van der Waals surface area contributed by atoms with Crippen molar-refractivity contribution in [1.29, 1.82) is 0 Å². The Kier molecular flexibility index (Phi) is 2.85. The maximum atomic E-state index is 13.1. The maximum absolute atomic E-state index is 13.1. The number of aryl methyl sites for hydroxylation is 2. The number of carbonyl (C=O) groups excluding carboxylic acids is 2. The van der Waals surface area contributed by atoms with Crippen LogP contribution in [0.15, 0.2) is 44.0 Å². The Hall–Kier alpha value is -3.67. The van der Waals surface area contributed by atoms with Crippen molar-refractivity contribution in [2.24, 2.45) is 0 Å². The van der Waals surface area contributed by atoms with Crippen LogP contribution in [0.4, 0.5) is 0 Å². The SMILES string of the molecule is Cc1cc(O)c2c(c1)C(=O)c1c(oc3c1c(=O)oc1c(C)cccc13)C2=O. The summed E-state index contributed by atoms with van der Waals surface area (Å²) in [6.07, 6.45) is 0. The van der Waals surface area contributed by atoms with E-state index in [0.717, 1.165) is 5.56 Å². The first-order valence-corrected chi connectivity index (χ1v) is 8.30. The summed E-state index contributed by atoms with van der Waals surface area (Å²) in [5, 5.41) is 10.6. The lowest BCUT2D eigenvalue weighted by Crippen LogP contribution is -2.21. The second-order valence-electron chi connectivity index (χ2n) is 6.72. The number of hydrogen-bond donors (Lipinski definition) is 1. The summed E-state index contributed by atoms with van der Waals surface area (Å²) in [6.45, 7) is 3.48. The van der Waals surface area contributed by atoms with E-state index >= 15 is 0 Å². The van der Waals surface area contributed by atoms with E-state index in [0.29, 0.717) is 16.5 Å². The summed E-state index contributed by atoms with van der Waals surface area (Å²) in [4.78, 5) is 38.7. The third kappa shape index (κ3) is 1.87. The third-order valence-electron chi connectivity index (χ3n) is 4.93. The van der Waals surface area contributed by atoms with Crippen LogP contribution in [0.25, 0.3) is 21.9 Å². The summed E-state index contributed by atoms with van der Waals surface area (Å²) in [5.41, 5.74) is 0.936. The molecule has 4 aromatic rings. The number of phenols is 1. The van der Waals surface area contributed by atoms with E-state index in [1.54, 1.807) is 32.0 Å². The molecule has 2 aromatic carbocycles. The first kappa shape index (κ1) is 15.6. The number of benzene rings is 2. The van der Waals surface area contributed by atoms with E-state index in [1.165, 1.54) is 12.1 Å². The van der Waals surface area contributed by atoms with Crippen LogP contribution in [0.5, 0.6) is 5.75 Å². The third-order valence-corrected chi connectivity index (χ3v) is 4.93. The van der Waals surface area contributed by atoms with Gasteiger partial charge in [0.15, 0.2) is 17.1 Å². The Morgan fingerprint density at radius 1 is 0.889 bits per heavy atom. The van der Waals surface area contributed by atoms with Gasteiger partial charge in [-0.3, -0.25) is 9.59 Å². The highest BCUT2D eigenvalue weighted by Gasteiger charge is 2.39. The lowest BCUT2D eigenvalue weighted by molar-refractivity contribution is 0.0959. The van der Waals surface area contributed by atoms with Crippen molar-refractivity contribution in [3.8, 4) is 5.75 Å². The summed E-state index contributed by atoms with van der Waals surface area (Å²) in [7, 11) is 0. The first-order chi connectivity index (χ1) is 12.9. The van der Waals surface area contributed by atoms with E-state index in [9.17, 15) is 19.5 Å². The number of phenolic OH excluding ortho intramolecular Hbond substituents is 1. The van der Waals surface area contributed by atoms with Gasteiger partial charge in [-0.25, -0.2) is 4.79 Å². The number of carbonyl (C=O) groups is 2. The molecule has 0 fully saturated rings. The van der Waals surface area contributed by atoms with Crippen molar-refractivity contribution in [3.05, 3.63) is 74.3 Å². The van der Waals surface area contributed by atoms with Crippen LogP contribution in [0.1, 0.15) is 43.2 Å². The molecular weight excluding hydrogens is 348 g/mol. The topological polar surface area (TPSA) is 97.7 Å². The fourth-order valence-corrected chi connectivity index (χ4v) is 3.74. The Labute approximate surface area is 151 Å². The zero-order chi connectivity index (χ0) is 19.0. The summed E-state index contributed by atoms with van der Waals surface area (Å²) in [5.74, 6) is -1.71. The Morgan fingerprint density at radius 2 is 1.67 bits per heavy atom. The highest BCUT2D eigenvalue weighted by atomic mass is 16.4. The standard InChI is InChI=1S/C21H12O6/c1-8-6-11-13(12(22)7-8)17(24)20-14(16(11)23)15-19(26-20)10-5-3-4-9(2)18(10)27-21(15)25/h3-7,22H,1-2H3. The van der Waals surface area contributed by atoms with Crippen LogP contribution in [-0.4, -0.2) is 16.7 Å². The number of furan rings is 1. The lowest BCUT2D eigenvalue weighted by Gasteiger charge is -2.15. The van der Waals surface area contributed by atoms with E-state index in [4.69, 9.17) is 8.83 Å². The van der Waals surface area contributed by atoms with Crippen LogP contribution in [-0.2, 0) is 0 Å². The van der Waals surface area contributed by atoms with Gasteiger partial charge in [-0.1, -0.05) is 12.1 Å². The van der Waals surface area contributed by atoms with E-state index in [2.05, 4.69) is 0 Å². The monoisotopic (exact) mass is 360 g/mol. The molecule has 0 amide bonds. The first-order valence-electron chi connectivity index (χ1n) is 8.30. The average molecular weight is 360 g/mol. The average Bonchev–Trinajstić information content (AvgIpc) is 3.02. The highest BCUT2D eigenvalue weighted by molar-refractivity contribution is 6.32. The minimum absolute atomic E-state index is 0.0481. The van der Waals surface area contributed by atoms with Gasteiger partial charge in [0.25, 0.3) is 0 Å². The molecule has 0 radical (unpaired) electrons. The summed E-state index contributed by atoms with van der Waals surface area (Å²) >= 11 is 0. The van der Waals surface area contributed by atoms with E-state index < -0.39 is 17.2 Å². The largest absolute Gasteiger partial charge is 0.507 e. The van der Waals surface area contributed by atoms with E-state index in [1.807, 2.05) is 0 Å². The number of ketones is 2. The molecule has 0 atom stereocenters. The number of aromatic hydroxyl groups is 1. The van der Waals surface area contributed by atoms with Gasteiger partial charge in [-0.2, -0.15) is 0 Å². The normalized spacial score (nSPS) is 13.3. The summed E-state index contributed by atoms with van der Waals surface area (Å²) < 4.78 is 11.1. The molecule has 0 bridgehead atoms.